The number of pyridine rings is 1. The van der Waals surface area contributed by atoms with Gasteiger partial charge in [-0.25, -0.2) is 9.50 Å². The fourth-order valence-electron chi connectivity index (χ4n) is 3.20. The van der Waals surface area contributed by atoms with Crippen LogP contribution in [0.5, 0.6) is 0 Å². The smallest absolute Gasteiger partial charge is 0.339 e. The molecule has 0 bridgehead atoms. The number of carbonyl (C=O) groups is 1. The topological polar surface area (TPSA) is 72.2 Å². The van der Waals surface area contributed by atoms with Gasteiger partial charge in [0, 0.05) is 41.5 Å². The summed E-state index contributed by atoms with van der Waals surface area (Å²) in [6, 6.07) is 3.39. The second-order valence-electron chi connectivity index (χ2n) is 7.35. The molecule has 0 saturated carbocycles. The maximum atomic E-state index is 13.2. The van der Waals surface area contributed by atoms with Crippen LogP contribution < -0.4 is 5.32 Å². The molecule has 0 aromatic carbocycles. The largest absolute Gasteiger partial charge is 0.408 e. The van der Waals surface area contributed by atoms with Gasteiger partial charge in [0.05, 0.1) is 11.1 Å². The van der Waals surface area contributed by atoms with Crippen LogP contribution in [0.2, 0.25) is 0 Å². The molecule has 4 aromatic heterocycles. The van der Waals surface area contributed by atoms with Gasteiger partial charge in [-0.3, -0.25) is 9.78 Å². The van der Waals surface area contributed by atoms with E-state index in [4.69, 9.17) is 0 Å². The highest BCUT2D eigenvalue weighted by molar-refractivity contribution is 7.12. The second kappa shape index (κ2) is 8.10. The molecule has 0 aliphatic carbocycles. The Labute approximate surface area is 179 Å². The minimum atomic E-state index is -4.51. The van der Waals surface area contributed by atoms with Crippen molar-refractivity contribution in [2.24, 2.45) is 5.92 Å². The first-order valence-corrected chi connectivity index (χ1v) is 10.3. The predicted molar refractivity (Wildman–Crippen MR) is 112 cm³/mol. The first-order valence-electron chi connectivity index (χ1n) is 9.44. The summed E-state index contributed by atoms with van der Waals surface area (Å²) in [6.07, 6.45) is 4.04. The third kappa shape index (κ3) is 4.29. The second-order valence-corrected chi connectivity index (χ2v) is 8.26. The molecule has 4 aromatic rings. The lowest BCUT2D eigenvalue weighted by Gasteiger charge is -2.24. The molecule has 0 radical (unpaired) electrons. The average Bonchev–Trinajstić information content (AvgIpc) is 3.38. The Bertz CT molecular complexity index is 1220. The number of rotatable bonds is 5. The zero-order valence-corrected chi connectivity index (χ0v) is 17.4. The van der Waals surface area contributed by atoms with Crippen LogP contribution in [-0.2, 0) is 0 Å². The van der Waals surface area contributed by atoms with Crippen LogP contribution in [0.25, 0.3) is 27.9 Å². The fraction of sp³-hybridized carbons (Fsp3) is 0.238. The number of nitrogens with zero attached hydrogens (tertiary/aromatic N) is 4. The zero-order valence-electron chi connectivity index (χ0n) is 16.6. The molecule has 0 aliphatic heterocycles. The summed E-state index contributed by atoms with van der Waals surface area (Å²) >= 11 is 1.08. The van der Waals surface area contributed by atoms with Crippen molar-refractivity contribution in [2.45, 2.75) is 26.1 Å². The Morgan fingerprint density at radius 1 is 1.16 bits per heavy atom. The Morgan fingerprint density at radius 3 is 2.65 bits per heavy atom. The summed E-state index contributed by atoms with van der Waals surface area (Å²) in [5, 5.41) is 8.14. The number of amides is 1. The molecule has 0 fully saturated rings. The van der Waals surface area contributed by atoms with Crippen molar-refractivity contribution < 1.29 is 18.0 Å². The van der Waals surface area contributed by atoms with E-state index in [9.17, 15) is 18.0 Å². The fourth-order valence-corrected chi connectivity index (χ4v) is 4.01. The summed E-state index contributed by atoms with van der Waals surface area (Å²) in [5.74, 6) is -1.53. The number of fused-ring (bicyclic) bond motifs is 1. The number of thiophene rings is 1. The average molecular weight is 445 g/mol. The molecule has 160 valence electrons. The lowest BCUT2D eigenvalue weighted by Crippen LogP contribution is -2.48. The number of hydrogen-bond acceptors (Lipinski definition) is 5. The maximum absolute atomic E-state index is 13.2. The van der Waals surface area contributed by atoms with Crippen LogP contribution in [0, 0.1) is 5.92 Å². The number of alkyl halides is 3. The predicted octanol–water partition coefficient (Wildman–Crippen LogP) is 4.84. The molecule has 6 nitrogen and oxygen atoms in total. The van der Waals surface area contributed by atoms with E-state index in [1.54, 1.807) is 40.7 Å². The Balaban J connectivity index is 1.59. The van der Waals surface area contributed by atoms with Crippen LogP contribution in [0.3, 0.4) is 0 Å². The molecule has 4 heterocycles. The molecule has 0 saturated heterocycles. The first-order chi connectivity index (χ1) is 14.7. The summed E-state index contributed by atoms with van der Waals surface area (Å²) in [7, 11) is 0. The molecular weight excluding hydrogens is 427 g/mol. The Hall–Kier alpha value is -3.27. The maximum Gasteiger partial charge on any atom is 0.408 e. The van der Waals surface area contributed by atoms with E-state index in [0.717, 1.165) is 22.5 Å². The van der Waals surface area contributed by atoms with Crippen LogP contribution in [-0.4, -0.2) is 37.7 Å². The van der Waals surface area contributed by atoms with Crippen molar-refractivity contribution in [1.29, 1.82) is 0 Å². The third-order valence-corrected chi connectivity index (χ3v) is 5.72. The van der Waals surface area contributed by atoms with Crippen molar-refractivity contribution >= 4 is 22.9 Å². The van der Waals surface area contributed by atoms with Gasteiger partial charge in [0.1, 0.15) is 6.04 Å². The quantitative estimate of drug-likeness (QED) is 0.477. The molecule has 10 heteroatoms. The number of carbonyl (C=O) groups excluding carboxylic acids is 1. The van der Waals surface area contributed by atoms with Crippen molar-refractivity contribution in [2.75, 3.05) is 0 Å². The van der Waals surface area contributed by atoms with E-state index >= 15 is 0 Å². The van der Waals surface area contributed by atoms with Crippen LogP contribution in [0.1, 0.15) is 23.5 Å². The number of nitrogens with one attached hydrogen (secondary N) is 1. The summed E-state index contributed by atoms with van der Waals surface area (Å²) < 4.78 is 41.1. The summed E-state index contributed by atoms with van der Waals surface area (Å²) in [5.41, 5.74) is 3.66. The normalized spacial score (nSPS) is 13.0. The van der Waals surface area contributed by atoms with Gasteiger partial charge in [-0.15, -0.1) is 11.3 Å². The number of hydrogen-bond donors (Lipinski definition) is 1. The molecule has 4 rings (SSSR count). The van der Waals surface area contributed by atoms with Gasteiger partial charge in [0.15, 0.2) is 5.65 Å². The molecular formula is C21H18F3N5OS. The third-order valence-electron chi connectivity index (χ3n) is 4.79. The van der Waals surface area contributed by atoms with E-state index in [-0.39, 0.29) is 4.88 Å². The molecule has 0 unspecified atom stereocenters. The van der Waals surface area contributed by atoms with Crippen LogP contribution in [0.4, 0.5) is 13.2 Å². The summed E-state index contributed by atoms with van der Waals surface area (Å²) in [4.78, 5) is 21.2. The monoisotopic (exact) mass is 445 g/mol. The molecule has 1 atom stereocenters. The van der Waals surface area contributed by atoms with E-state index in [2.05, 4.69) is 20.4 Å². The van der Waals surface area contributed by atoms with Crippen LogP contribution >= 0.6 is 11.3 Å². The molecule has 31 heavy (non-hydrogen) atoms. The highest BCUT2D eigenvalue weighted by Gasteiger charge is 2.42. The molecule has 1 amide bonds. The van der Waals surface area contributed by atoms with Crippen molar-refractivity contribution in [3.63, 3.8) is 0 Å². The first kappa shape index (κ1) is 21.0. The van der Waals surface area contributed by atoms with E-state index in [0.29, 0.717) is 16.8 Å². The zero-order chi connectivity index (χ0) is 22.2. The van der Waals surface area contributed by atoms with E-state index in [1.165, 1.54) is 13.8 Å². The molecule has 0 aliphatic rings. The Morgan fingerprint density at radius 2 is 1.97 bits per heavy atom. The molecule has 1 N–H and O–H groups in total. The highest BCUT2D eigenvalue weighted by Crippen LogP contribution is 2.30. The van der Waals surface area contributed by atoms with Crippen molar-refractivity contribution in [3.8, 4) is 22.3 Å². The van der Waals surface area contributed by atoms with Gasteiger partial charge in [0.25, 0.3) is 5.91 Å². The van der Waals surface area contributed by atoms with Gasteiger partial charge in [0.2, 0.25) is 0 Å². The summed E-state index contributed by atoms with van der Waals surface area (Å²) in [6.45, 7) is 2.84. The van der Waals surface area contributed by atoms with Gasteiger partial charge >= 0.3 is 6.18 Å². The van der Waals surface area contributed by atoms with Crippen LogP contribution in [0.15, 0.2) is 54.6 Å². The standard InChI is InChI=1S/C21H18F3N5OS/c1-12(2)18(21(22,23)24)28-20(30)17-6-14(11-31-17)16-9-27-29-10-15(8-26-19(16)29)13-4-3-5-25-7-13/h3-12,18H,1-2H3,(H,28,30)/t18-/m0/s1. The van der Waals surface area contributed by atoms with E-state index < -0.39 is 24.0 Å². The van der Waals surface area contributed by atoms with Gasteiger partial charge in [-0.1, -0.05) is 19.9 Å². The van der Waals surface area contributed by atoms with Gasteiger partial charge < -0.3 is 5.32 Å². The van der Waals surface area contributed by atoms with Crippen molar-refractivity contribution in [1.82, 2.24) is 24.9 Å². The van der Waals surface area contributed by atoms with Gasteiger partial charge in [-0.2, -0.15) is 18.3 Å². The van der Waals surface area contributed by atoms with Gasteiger partial charge in [-0.05, 0) is 29.0 Å². The number of aromatic nitrogens is 4. The molecule has 0 spiro atoms. The van der Waals surface area contributed by atoms with E-state index in [1.807, 2.05) is 18.3 Å². The minimum absolute atomic E-state index is 0.191. The lowest BCUT2D eigenvalue weighted by molar-refractivity contribution is -0.162. The highest BCUT2D eigenvalue weighted by atomic mass is 32.1. The van der Waals surface area contributed by atoms with Crippen molar-refractivity contribution in [3.05, 3.63) is 59.4 Å². The SMILES string of the molecule is CC(C)[C@H](NC(=O)c1cc(-c2cnn3cc(-c4cccnc4)cnc23)cs1)C(F)(F)F. The minimum Gasteiger partial charge on any atom is -0.339 e. The number of halogens is 3. The Kier molecular flexibility index (Phi) is 5.48. The lowest BCUT2D eigenvalue weighted by atomic mass is 10.0.